The molecule has 1 fully saturated rings. The van der Waals surface area contributed by atoms with Gasteiger partial charge in [-0.2, -0.15) is 0 Å². The summed E-state index contributed by atoms with van der Waals surface area (Å²) in [6.07, 6.45) is 4.21. The van der Waals surface area contributed by atoms with E-state index in [0.29, 0.717) is 6.61 Å². The largest absolute Gasteiger partial charge is 0.486 e. The van der Waals surface area contributed by atoms with Crippen molar-refractivity contribution in [2.24, 2.45) is 0 Å². The van der Waals surface area contributed by atoms with Gasteiger partial charge in [-0.3, -0.25) is 0 Å². The molecule has 7 nitrogen and oxygen atoms in total. The highest BCUT2D eigenvalue weighted by atomic mass is 127. The molecule has 2 aliphatic heterocycles. The van der Waals surface area contributed by atoms with Gasteiger partial charge in [0.1, 0.15) is 24.9 Å². The second-order valence-electron chi connectivity index (χ2n) is 7.98. The summed E-state index contributed by atoms with van der Waals surface area (Å²) in [4.78, 5) is 11.4. The molecule has 3 aromatic rings. The Balaban J connectivity index is 1.27. The Morgan fingerprint density at radius 3 is 2.87 bits per heavy atom. The van der Waals surface area contributed by atoms with Crippen molar-refractivity contribution >= 4 is 45.0 Å². The van der Waals surface area contributed by atoms with Gasteiger partial charge >= 0.3 is 0 Å². The van der Waals surface area contributed by atoms with E-state index in [-0.39, 0.29) is 6.10 Å². The van der Waals surface area contributed by atoms with E-state index in [1.165, 1.54) is 25.9 Å². The molecule has 0 aliphatic carbocycles. The Hall–Kier alpha value is -2.17. The summed E-state index contributed by atoms with van der Waals surface area (Å²) in [5, 5.41) is 7.83. The normalized spacial score (nSPS) is 18.4. The van der Waals surface area contributed by atoms with Crippen molar-refractivity contribution < 1.29 is 9.47 Å². The predicted molar refractivity (Wildman–Crippen MR) is 130 cm³/mol. The fourth-order valence-electron chi connectivity index (χ4n) is 4.07. The van der Waals surface area contributed by atoms with Crippen LogP contribution in [0.5, 0.6) is 11.5 Å². The smallest absolute Gasteiger partial charge is 0.163 e. The molecule has 1 unspecified atom stereocenters. The van der Waals surface area contributed by atoms with E-state index in [9.17, 15) is 0 Å². The van der Waals surface area contributed by atoms with Crippen LogP contribution in [0.1, 0.15) is 12.8 Å². The zero-order valence-corrected chi connectivity index (χ0v) is 19.5. The number of aromatic nitrogens is 2. The van der Waals surface area contributed by atoms with E-state index in [0.717, 1.165) is 57.1 Å². The lowest BCUT2D eigenvalue weighted by atomic mass is 10.2. The fraction of sp³-hybridized carbons (Fsp3) is 0.391. The zero-order valence-electron chi connectivity index (χ0n) is 17.3. The Kier molecular flexibility index (Phi) is 6.37. The molecule has 1 atom stereocenters. The molecule has 0 amide bonds. The quantitative estimate of drug-likeness (QED) is 0.355. The number of likely N-dealkylation sites (tertiary alicyclic amines) is 1. The van der Waals surface area contributed by atoms with Crippen molar-refractivity contribution in [2.75, 3.05) is 44.6 Å². The average molecular weight is 531 g/mol. The number of nitrogens with one attached hydrogen (secondary N) is 2. The number of hydrogen-bond acceptors (Lipinski definition) is 7. The van der Waals surface area contributed by atoms with E-state index in [1.54, 1.807) is 6.33 Å². The monoisotopic (exact) mass is 531 g/mol. The third-order valence-corrected chi connectivity index (χ3v) is 6.35. The van der Waals surface area contributed by atoms with Crippen molar-refractivity contribution in [3.05, 3.63) is 46.3 Å². The summed E-state index contributed by atoms with van der Waals surface area (Å²) in [6, 6.07) is 12.1. The van der Waals surface area contributed by atoms with Crippen LogP contribution in [0.4, 0.5) is 11.5 Å². The number of hydrogen-bond donors (Lipinski definition) is 2. The number of fused-ring (bicyclic) bond motifs is 2. The maximum absolute atomic E-state index is 6.25. The van der Waals surface area contributed by atoms with E-state index in [4.69, 9.17) is 9.47 Å². The van der Waals surface area contributed by atoms with Gasteiger partial charge in [0.05, 0.1) is 5.52 Å². The molecule has 5 rings (SSSR count). The van der Waals surface area contributed by atoms with Crippen LogP contribution in [-0.2, 0) is 0 Å². The molecular formula is C23H26IN5O2. The van der Waals surface area contributed by atoms with Crippen molar-refractivity contribution in [3.63, 3.8) is 0 Å². The third-order valence-electron chi connectivity index (χ3n) is 5.68. The lowest BCUT2D eigenvalue weighted by molar-refractivity contribution is 0.0904. The maximum atomic E-state index is 6.25. The molecule has 0 spiro atoms. The van der Waals surface area contributed by atoms with E-state index in [2.05, 4.69) is 60.2 Å². The SMILES string of the molecule is Ic1cccc(Nc2ncnc3cc4c(cc23)OC(CNCCN2CCCC2)CO4)c1. The van der Waals surface area contributed by atoms with Gasteiger partial charge in [-0.25, -0.2) is 9.97 Å². The number of nitrogens with zero attached hydrogens (tertiary/aromatic N) is 3. The van der Waals surface area contributed by atoms with Crippen LogP contribution in [0.25, 0.3) is 10.9 Å². The highest BCUT2D eigenvalue weighted by Gasteiger charge is 2.23. The number of anilines is 2. The second kappa shape index (κ2) is 9.54. The minimum absolute atomic E-state index is 0.0136. The third kappa shape index (κ3) is 5.02. The molecule has 2 aliphatic rings. The van der Waals surface area contributed by atoms with Crippen LogP contribution in [0.15, 0.2) is 42.7 Å². The maximum Gasteiger partial charge on any atom is 0.163 e. The minimum Gasteiger partial charge on any atom is -0.486 e. The minimum atomic E-state index is -0.0136. The number of benzene rings is 2. The molecule has 2 aromatic carbocycles. The van der Waals surface area contributed by atoms with Crippen molar-refractivity contribution in [1.82, 2.24) is 20.2 Å². The molecule has 0 radical (unpaired) electrons. The van der Waals surface area contributed by atoms with Gasteiger partial charge in [0.15, 0.2) is 11.5 Å². The first-order valence-corrected chi connectivity index (χ1v) is 11.9. The fourth-order valence-corrected chi connectivity index (χ4v) is 4.62. The van der Waals surface area contributed by atoms with Crippen LogP contribution in [0.2, 0.25) is 0 Å². The Bertz CT molecular complexity index is 1060. The zero-order chi connectivity index (χ0) is 21.0. The van der Waals surface area contributed by atoms with Crippen LogP contribution in [-0.4, -0.2) is 60.3 Å². The van der Waals surface area contributed by atoms with E-state index >= 15 is 0 Å². The summed E-state index contributed by atoms with van der Waals surface area (Å²) in [5.41, 5.74) is 1.81. The molecule has 31 heavy (non-hydrogen) atoms. The van der Waals surface area contributed by atoms with Gasteiger partial charge in [0, 0.05) is 40.3 Å². The highest BCUT2D eigenvalue weighted by molar-refractivity contribution is 14.1. The average Bonchev–Trinajstić information content (AvgIpc) is 3.29. The van der Waals surface area contributed by atoms with E-state index < -0.39 is 0 Å². The molecule has 0 saturated carbocycles. The van der Waals surface area contributed by atoms with Crippen LogP contribution in [0, 0.1) is 3.57 Å². The molecule has 0 bridgehead atoms. The van der Waals surface area contributed by atoms with Crippen LogP contribution in [0.3, 0.4) is 0 Å². The molecule has 1 saturated heterocycles. The summed E-state index contributed by atoms with van der Waals surface area (Å²) in [6.45, 7) is 5.83. The van der Waals surface area contributed by atoms with Gasteiger partial charge in [-0.05, 0) is 72.8 Å². The van der Waals surface area contributed by atoms with Crippen molar-refractivity contribution in [1.29, 1.82) is 0 Å². The standard InChI is InChI=1S/C23H26IN5O2/c24-16-4-3-5-17(10-16)28-23-19-11-22-21(12-20(19)26-15-27-23)30-14-18(31-22)13-25-6-9-29-7-1-2-8-29/h3-5,10-12,15,18,25H,1-2,6-9,13-14H2,(H,26,27,28). The first kappa shape index (κ1) is 20.7. The second-order valence-corrected chi connectivity index (χ2v) is 9.22. The summed E-state index contributed by atoms with van der Waals surface area (Å²) in [7, 11) is 0. The summed E-state index contributed by atoms with van der Waals surface area (Å²) in [5.74, 6) is 2.23. The molecule has 1 aromatic heterocycles. The first-order chi connectivity index (χ1) is 15.2. The van der Waals surface area contributed by atoms with Gasteiger partial charge in [0.2, 0.25) is 0 Å². The van der Waals surface area contributed by atoms with Gasteiger partial charge in [-0.15, -0.1) is 0 Å². The topological polar surface area (TPSA) is 71.5 Å². The van der Waals surface area contributed by atoms with Crippen molar-refractivity contribution in [2.45, 2.75) is 18.9 Å². The number of halogens is 1. The lowest BCUT2D eigenvalue weighted by Gasteiger charge is -2.27. The molecular weight excluding hydrogens is 505 g/mol. The first-order valence-electron chi connectivity index (χ1n) is 10.8. The summed E-state index contributed by atoms with van der Waals surface area (Å²) >= 11 is 2.30. The van der Waals surface area contributed by atoms with Gasteiger partial charge in [0.25, 0.3) is 0 Å². The van der Waals surface area contributed by atoms with Gasteiger partial charge < -0.3 is 25.0 Å². The predicted octanol–water partition coefficient (Wildman–Crippen LogP) is 3.80. The lowest BCUT2D eigenvalue weighted by Crippen LogP contribution is -2.40. The summed E-state index contributed by atoms with van der Waals surface area (Å²) < 4.78 is 13.4. The van der Waals surface area contributed by atoms with Gasteiger partial charge in [-0.1, -0.05) is 6.07 Å². The molecule has 162 valence electrons. The number of ether oxygens (including phenoxy) is 2. The van der Waals surface area contributed by atoms with E-state index in [1.807, 2.05) is 24.3 Å². The van der Waals surface area contributed by atoms with Crippen LogP contribution >= 0.6 is 22.6 Å². The molecule has 2 N–H and O–H groups in total. The Morgan fingerprint density at radius 1 is 1.10 bits per heavy atom. The Morgan fingerprint density at radius 2 is 2.00 bits per heavy atom. The van der Waals surface area contributed by atoms with Crippen molar-refractivity contribution in [3.8, 4) is 11.5 Å². The molecule has 3 heterocycles. The Labute approximate surface area is 195 Å². The molecule has 8 heteroatoms. The highest BCUT2D eigenvalue weighted by Crippen LogP contribution is 2.37. The van der Waals surface area contributed by atoms with Crippen LogP contribution < -0.4 is 20.1 Å². The number of rotatable bonds is 7.